The molecule has 0 aromatic heterocycles. The van der Waals surface area contributed by atoms with E-state index in [0.29, 0.717) is 5.57 Å². The molecule has 2 aliphatic heterocycles. The van der Waals surface area contributed by atoms with E-state index in [-0.39, 0.29) is 0 Å². The van der Waals surface area contributed by atoms with Crippen LogP contribution in [0, 0.1) is 0 Å². The number of fused-ring (bicyclic) bond motifs is 1. The minimum absolute atomic E-state index is 0.713. The molecule has 0 atom stereocenters. The first-order chi connectivity index (χ1) is 5.42. The molecule has 11 heavy (non-hydrogen) atoms. The van der Waals surface area contributed by atoms with Crippen molar-refractivity contribution >= 4 is 18.4 Å². The van der Waals surface area contributed by atoms with E-state index in [9.17, 15) is 4.79 Å². The Morgan fingerprint density at radius 3 is 3.36 bits per heavy atom. The number of hydrogen-bond acceptors (Lipinski definition) is 4. The summed E-state index contributed by atoms with van der Waals surface area (Å²) in [6.45, 7) is 0. The van der Waals surface area contributed by atoms with Crippen LogP contribution in [0.25, 0.3) is 0 Å². The van der Waals surface area contributed by atoms with Gasteiger partial charge in [-0.25, -0.2) is 0 Å². The van der Waals surface area contributed by atoms with Gasteiger partial charge in [-0.15, -0.1) is 0 Å². The molecule has 0 bridgehead atoms. The Hall–Kier alpha value is -1.16. The maximum Gasteiger partial charge on any atom is 0.152 e. The van der Waals surface area contributed by atoms with Gasteiger partial charge in [0.25, 0.3) is 0 Å². The molecule has 0 aliphatic carbocycles. The van der Waals surface area contributed by atoms with Gasteiger partial charge in [-0.3, -0.25) is 9.10 Å². The first kappa shape index (κ1) is 6.54. The van der Waals surface area contributed by atoms with Crippen LogP contribution in [0.5, 0.6) is 0 Å². The Bertz CT molecular complexity index is 280. The highest BCUT2D eigenvalue weighted by Crippen LogP contribution is 2.28. The Kier molecular flexibility index (Phi) is 1.47. The molecular formula is C7H6N2OS. The lowest BCUT2D eigenvalue weighted by Gasteiger charge is -2.16. The van der Waals surface area contributed by atoms with Crippen molar-refractivity contribution < 1.29 is 4.79 Å². The quantitative estimate of drug-likeness (QED) is 0.464. The molecule has 2 heterocycles. The lowest BCUT2D eigenvalue weighted by Crippen LogP contribution is -2.09. The van der Waals surface area contributed by atoms with Gasteiger partial charge in [0.2, 0.25) is 0 Å². The third kappa shape index (κ3) is 0.952. The van der Waals surface area contributed by atoms with E-state index < -0.39 is 0 Å². The van der Waals surface area contributed by atoms with Gasteiger partial charge in [-0.1, -0.05) is 0 Å². The first-order valence-corrected chi connectivity index (χ1v) is 3.95. The number of allylic oxidation sites excluding steroid dienone is 3. The second-order valence-electron chi connectivity index (χ2n) is 2.15. The largest absolute Gasteiger partial charge is 0.316 e. The highest BCUT2D eigenvalue weighted by molar-refractivity contribution is 7.95. The molecule has 0 fully saturated rings. The van der Waals surface area contributed by atoms with Gasteiger partial charge in [-0.2, -0.15) is 0 Å². The zero-order valence-corrected chi connectivity index (χ0v) is 6.47. The molecule has 4 heteroatoms. The summed E-state index contributed by atoms with van der Waals surface area (Å²) in [6, 6.07) is 0. The zero-order chi connectivity index (χ0) is 7.68. The molecule has 3 nitrogen and oxygen atoms in total. The van der Waals surface area contributed by atoms with Crippen LogP contribution in [0.2, 0.25) is 0 Å². The monoisotopic (exact) mass is 166 g/mol. The van der Waals surface area contributed by atoms with Gasteiger partial charge in [-0.05, 0) is 12.2 Å². The first-order valence-electron chi connectivity index (χ1n) is 3.18. The zero-order valence-electron chi connectivity index (χ0n) is 5.65. The fraction of sp³-hybridized carbons (Fsp3) is 0. The molecule has 56 valence electrons. The van der Waals surface area contributed by atoms with E-state index in [1.165, 1.54) is 12.1 Å². The normalized spacial score (nSPS) is 20.2. The standard InChI is InChI=1S/C7H6N2OS/c10-5-6-2-1-3-9-7(6)4-8-11-9/h1-5,8H. The van der Waals surface area contributed by atoms with Crippen molar-refractivity contribution in [2.24, 2.45) is 0 Å². The summed E-state index contributed by atoms with van der Waals surface area (Å²) in [4.78, 5) is 10.5. The molecule has 0 saturated carbocycles. The predicted molar refractivity (Wildman–Crippen MR) is 43.9 cm³/mol. The second-order valence-corrected chi connectivity index (χ2v) is 2.96. The molecule has 0 aromatic carbocycles. The number of aldehydes is 1. The van der Waals surface area contributed by atoms with Crippen LogP contribution in [0.1, 0.15) is 0 Å². The minimum atomic E-state index is 0.713. The Morgan fingerprint density at radius 1 is 1.64 bits per heavy atom. The summed E-state index contributed by atoms with van der Waals surface area (Å²) in [6.07, 6.45) is 8.22. The van der Waals surface area contributed by atoms with Crippen molar-refractivity contribution in [1.82, 2.24) is 9.03 Å². The van der Waals surface area contributed by atoms with Crippen molar-refractivity contribution in [3.8, 4) is 0 Å². The van der Waals surface area contributed by atoms with Crippen LogP contribution in [-0.4, -0.2) is 10.6 Å². The summed E-state index contributed by atoms with van der Waals surface area (Å²) in [5.41, 5.74) is 1.64. The highest BCUT2D eigenvalue weighted by Gasteiger charge is 2.18. The van der Waals surface area contributed by atoms with Crippen LogP contribution < -0.4 is 4.72 Å². The summed E-state index contributed by atoms with van der Waals surface area (Å²) in [5.74, 6) is 0. The van der Waals surface area contributed by atoms with Crippen LogP contribution >= 0.6 is 12.1 Å². The summed E-state index contributed by atoms with van der Waals surface area (Å²) in [7, 11) is 0. The summed E-state index contributed by atoms with van der Waals surface area (Å²) in [5, 5.41) is 0. The maximum atomic E-state index is 10.5. The lowest BCUT2D eigenvalue weighted by atomic mass is 10.2. The van der Waals surface area contributed by atoms with E-state index in [4.69, 9.17) is 0 Å². The third-order valence-electron chi connectivity index (χ3n) is 1.50. The number of nitrogens with one attached hydrogen (secondary N) is 1. The van der Waals surface area contributed by atoms with Crippen molar-refractivity contribution in [1.29, 1.82) is 0 Å². The molecular weight excluding hydrogens is 160 g/mol. The molecule has 2 aliphatic rings. The summed E-state index contributed by atoms with van der Waals surface area (Å²) < 4.78 is 4.86. The van der Waals surface area contributed by atoms with Crippen molar-refractivity contribution in [2.45, 2.75) is 0 Å². The molecule has 0 saturated heterocycles. The van der Waals surface area contributed by atoms with Crippen molar-refractivity contribution in [3.63, 3.8) is 0 Å². The maximum absolute atomic E-state index is 10.5. The molecule has 0 aromatic rings. The van der Waals surface area contributed by atoms with E-state index in [2.05, 4.69) is 4.72 Å². The number of carbonyl (C=O) groups excluding carboxylic acids is 1. The van der Waals surface area contributed by atoms with Crippen LogP contribution in [0.15, 0.2) is 35.8 Å². The van der Waals surface area contributed by atoms with Crippen LogP contribution in [-0.2, 0) is 4.79 Å². The number of carbonyl (C=O) groups is 1. The highest BCUT2D eigenvalue weighted by atomic mass is 32.2. The van der Waals surface area contributed by atoms with Gasteiger partial charge in [0.1, 0.15) is 0 Å². The van der Waals surface area contributed by atoms with E-state index in [1.807, 2.05) is 22.8 Å². The smallest absolute Gasteiger partial charge is 0.152 e. The summed E-state index contributed by atoms with van der Waals surface area (Å²) >= 11 is 1.45. The number of rotatable bonds is 1. The second kappa shape index (κ2) is 2.47. The van der Waals surface area contributed by atoms with Gasteiger partial charge >= 0.3 is 0 Å². The molecule has 0 spiro atoms. The fourth-order valence-corrected chi connectivity index (χ4v) is 1.65. The van der Waals surface area contributed by atoms with Gasteiger partial charge < -0.3 is 4.72 Å². The Morgan fingerprint density at radius 2 is 2.55 bits per heavy atom. The minimum Gasteiger partial charge on any atom is -0.316 e. The average Bonchev–Trinajstić information content (AvgIpc) is 2.50. The Balaban J connectivity index is 2.38. The van der Waals surface area contributed by atoms with Crippen molar-refractivity contribution in [2.75, 3.05) is 0 Å². The molecule has 2 rings (SSSR count). The molecule has 0 amide bonds. The number of nitrogens with zero attached hydrogens (tertiary/aromatic N) is 1. The average molecular weight is 166 g/mol. The predicted octanol–water partition coefficient (Wildman–Crippen LogP) is 0.949. The van der Waals surface area contributed by atoms with Gasteiger partial charge in [0, 0.05) is 18.0 Å². The van der Waals surface area contributed by atoms with E-state index in [0.717, 1.165) is 12.0 Å². The van der Waals surface area contributed by atoms with E-state index in [1.54, 1.807) is 6.08 Å². The van der Waals surface area contributed by atoms with Gasteiger partial charge in [0.15, 0.2) is 6.29 Å². The number of hydrogen-bond donors (Lipinski definition) is 1. The SMILES string of the molecule is O=CC1=CC=CN2SNC=C12. The van der Waals surface area contributed by atoms with Crippen LogP contribution in [0.4, 0.5) is 0 Å². The van der Waals surface area contributed by atoms with Crippen molar-refractivity contribution in [3.05, 3.63) is 35.8 Å². The van der Waals surface area contributed by atoms with Crippen LogP contribution in [0.3, 0.4) is 0 Å². The molecule has 0 radical (unpaired) electrons. The van der Waals surface area contributed by atoms with Gasteiger partial charge in [0.05, 0.1) is 17.8 Å². The Labute approximate surface area is 68.7 Å². The fourth-order valence-electron chi connectivity index (χ4n) is 0.983. The topological polar surface area (TPSA) is 32.3 Å². The van der Waals surface area contributed by atoms with E-state index >= 15 is 0 Å². The lowest BCUT2D eigenvalue weighted by molar-refractivity contribution is -0.104. The molecule has 0 unspecified atom stereocenters. The third-order valence-corrected chi connectivity index (χ3v) is 2.24. The molecule has 1 N–H and O–H groups in total.